The van der Waals surface area contributed by atoms with Crippen LogP contribution in [0.3, 0.4) is 0 Å². The van der Waals surface area contributed by atoms with E-state index in [4.69, 9.17) is 10.9 Å². The predicted molar refractivity (Wildman–Crippen MR) is 84.0 cm³/mol. The maximum atomic E-state index is 13.5. The first kappa shape index (κ1) is 17.4. The monoisotopic (exact) mass is 295 g/mol. The molecule has 0 bridgehead atoms. The second-order valence-corrected chi connectivity index (χ2v) is 5.28. The molecule has 0 saturated heterocycles. The molecule has 0 aliphatic carbocycles. The summed E-state index contributed by atoms with van der Waals surface area (Å²) in [6.45, 7) is 3.71. The summed E-state index contributed by atoms with van der Waals surface area (Å²) in [5, 5.41) is 14.8. The first-order chi connectivity index (χ1) is 10.2. The van der Waals surface area contributed by atoms with Gasteiger partial charge in [-0.15, -0.1) is 0 Å². The first-order valence-corrected chi connectivity index (χ1v) is 7.65. The number of hydrogen-bond donors (Lipinski definition) is 3. The Bertz CT molecular complexity index is 449. The van der Waals surface area contributed by atoms with Crippen LogP contribution in [0.4, 0.5) is 4.39 Å². The lowest BCUT2D eigenvalue weighted by Crippen LogP contribution is -2.17. The van der Waals surface area contributed by atoms with Crippen molar-refractivity contribution in [3.05, 3.63) is 35.1 Å². The summed E-state index contributed by atoms with van der Waals surface area (Å²) in [4.78, 5) is 0. The Labute approximate surface area is 126 Å². The van der Waals surface area contributed by atoms with Crippen LogP contribution in [-0.4, -0.2) is 17.6 Å². The van der Waals surface area contributed by atoms with Crippen molar-refractivity contribution in [2.45, 2.75) is 52.0 Å². The molecule has 0 atom stereocenters. The molecule has 0 aliphatic heterocycles. The van der Waals surface area contributed by atoms with Gasteiger partial charge in [-0.1, -0.05) is 44.2 Å². The van der Waals surface area contributed by atoms with Gasteiger partial charge in [-0.05, 0) is 36.7 Å². The molecule has 1 aromatic carbocycles. The van der Waals surface area contributed by atoms with Gasteiger partial charge >= 0.3 is 0 Å². The van der Waals surface area contributed by atoms with Gasteiger partial charge in [0.05, 0.1) is 0 Å². The van der Waals surface area contributed by atoms with Crippen molar-refractivity contribution in [3.63, 3.8) is 0 Å². The molecular formula is C16H26FN3O. The summed E-state index contributed by atoms with van der Waals surface area (Å²) >= 11 is 0. The van der Waals surface area contributed by atoms with Gasteiger partial charge < -0.3 is 16.3 Å². The summed E-state index contributed by atoms with van der Waals surface area (Å²) in [6, 6.07) is 4.45. The van der Waals surface area contributed by atoms with Gasteiger partial charge in [-0.3, -0.25) is 0 Å². The van der Waals surface area contributed by atoms with Crippen LogP contribution < -0.4 is 11.1 Å². The Hall–Kier alpha value is -1.62. The summed E-state index contributed by atoms with van der Waals surface area (Å²) in [5.41, 5.74) is 6.67. The van der Waals surface area contributed by atoms with Crippen LogP contribution in [0.5, 0.6) is 0 Å². The number of nitrogens with zero attached hydrogens (tertiary/aromatic N) is 1. The molecule has 0 saturated carbocycles. The third kappa shape index (κ3) is 7.09. The fourth-order valence-electron chi connectivity index (χ4n) is 2.22. The summed E-state index contributed by atoms with van der Waals surface area (Å²) in [7, 11) is 0. The van der Waals surface area contributed by atoms with E-state index in [0.717, 1.165) is 18.5 Å². The average molecular weight is 295 g/mol. The molecule has 0 unspecified atom stereocenters. The van der Waals surface area contributed by atoms with Crippen molar-refractivity contribution in [3.8, 4) is 0 Å². The second-order valence-electron chi connectivity index (χ2n) is 5.28. The molecule has 1 aromatic rings. The number of nitrogens with two attached hydrogens (primary N) is 1. The molecule has 0 fully saturated rings. The van der Waals surface area contributed by atoms with Crippen molar-refractivity contribution < 1.29 is 9.60 Å². The summed E-state index contributed by atoms with van der Waals surface area (Å²) in [6.07, 6.45) is 7.53. The maximum absolute atomic E-state index is 13.5. The molecule has 1 rings (SSSR count). The maximum Gasteiger partial charge on any atom is 0.170 e. The zero-order valence-corrected chi connectivity index (χ0v) is 12.7. The number of amidine groups is 1. The molecule has 0 aliphatic rings. The van der Waals surface area contributed by atoms with Crippen LogP contribution in [0.1, 0.15) is 56.6 Å². The zero-order valence-electron chi connectivity index (χ0n) is 12.7. The molecule has 5 heteroatoms. The summed E-state index contributed by atoms with van der Waals surface area (Å²) in [5.74, 6) is -0.456. The van der Waals surface area contributed by atoms with Crippen LogP contribution in [0, 0.1) is 5.82 Å². The van der Waals surface area contributed by atoms with E-state index in [1.165, 1.54) is 44.2 Å². The quantitative estimate of drug-likeness (QED) is 0.204. The SMILES string of the molecule is CCCCCCCCNCc1cc(F)cc(/C(N)=N/O)c1. The molecule has 0 aromatic heterocycles. The molecule has 0 amide bonds. The van der Waals surface area contributed by atoms with Crippen molar-refractivity contribution in [1.29, 1.82) is 0 Å². The fraction of sp³-hybridized carbons (Fsp3) is 0.562. The summed E-state index contributed by atoms with van der Waals surface area (Å²) < 4.78 is 13.5. The lowest BCUT2D eigenvalue weighted by molar-refractivity contribution is 0.318. The number of oxime groups is 1. The number of nitrogens with one attached hydrogen (secondary N) is 1. The van der Waals surface area contributed by atoms with E-state index in [0.29, 0.717) is 12.1 Å². The normalized spacial score (nSPS) is 11.8. The van der Waals surface area contributed by atoms with Crippen molar-refractivity contribution in [2.24, 2.45) is 10.9 Å². The zero-order chi connectivity index (χ0) is 15.5. The van der Waals surface area contributed by atoms with Gasteiger partial charge in [-0.25, -0.2) is 4.39 Å². The minimum absolute atomic E-state index is 0.0772. The van der Waals surface area contributed by atoms with Crippen molar-refractivity contribution in [1.82, 2.24) is 5.32 Å². The van der Waals surface area contributed by atoms with Crippen LogP contribution in [-0.2, 0) is 6.54 Å². The van der Waals surface area contributed by atoms with Crippen LogP contribution in [0.25, 0.3) is 0 Å². The molecular weight excluding hydrogens is 269 g/mol. The van der Waals surface area contributed by atoms with E-state index in [1.54, 1.807) is 6.07 Å². The van der Waals surface area contributed by atoms with Gasteiger partial charge in [0.25, 0.3) is 0 Å². The van der Waals surface area contributed by atoms with Gasteiger partial charge in [0.1, 0.15) is 5.82 Å². The Balaban J connectivity index is 2.30. The Morgan fingerprint density at radius 3 is 2.62 bits per heavy atom. The van der Waals surface area contributed by atoms with Crippen LogP contribution in [0.2, 0.25) is 0 Å². The topological polar surface area (TPSA) is 70.6 Å². The van der Waals surface area contributed by atoms with Crippen LogP contribution >= 0.6 is 0 Å². The number of hydrogen-bond acceptors (Lipinski definition) is 3. The van der Waals surface area contributed by atoms with E-state index in [1.807, 2.05) is 0 Å². The van der Waals surface area contributed by atoms with Crippen molar-refractivity contribution >= 4 is 5.84 Å². The highest BCUT2D eigenvalue weighted by Crippen LogP contribution is 2.09. The lowest BCUT2D eigenvalue weighted by atomic mass is 10.1. The van der Waals surface area contributed by atoms with Gasteiger partial charge in [0, 0.05) is 12.1 Å². The first-order valence-electron chi connectivity index (χ1n) is 7.65. The van der Waals surface area contributed by atoms with Crippen molar-refractivity contribution in [2.75, 3.05) is 6.54 Å². The van der Waals surface area contributed by atoms with E-state index in [-0.39, 0.29) is 11.7 Å². The van der Waals surface area contributed by atoms with Gasteiger partial charge in [0.15, 0.2) is 5.84 Å². The van der Waals surface area contributed by atoms with E-state index in [9.17, 15) is 4.39 Å². The largest absolute Gasteiger partial charge is 0.409 e. The minimum Gasteiger partial charge on any atom is -0.409 e. The molecule has 0 radical (unpaired) electrons. The number of rotatable bonds is 10. The standard InChI is InChI=1S/C16H26FN3O/c1-2-3-4-5-6-7-8-19-12-13-9-14(16(18)20-21)11-15(17)10-13/h9-11,19,21H,2-8,12H2,1H3,(H2,18,20). The highest BCUT2D eigenvalue weighted by Gasteiger charge is 2.04. The van der Waals surface area contributed by atoms with Gasteiger partial charge in [-0.2, -0.15) is 0 Å². The van der Waals surface area contributed by atoms with E-state index < -0.39 is 0 Å². The van der Waals surface area contributed by atoms with E-state index in [2.05, 4.69) is 17.4 Å². The highest BCUT2D eigenvalue weighted by atomic mass is 19.1. The minimum atomic E-state index is -0.379. The predicted octanol–water partition coefficient (Wildman–Crippen LogP) is 3.37. The van der Waals surface area contributed by atoms with Gasteiger partial charge in [0.2, 0.25) is 0 Å². The third-order valence-electron chi connectivity index (χ3n) is 3.40. The lowest BCUT2D eigenvalue weighted by Gasteiger charge is -2.07. The van der Waals surface area contributed by atoms with E-state index >= 15 is 0 Å². The highest BCUT2D eigenvalue weighted by molar-refractivity contribution is 5.97. The molecule has 118 valence electrons. The fourth-order valence-corrected chi connectivity index (χ4v) is 2.22. The number of halogens is 1. The number of benzene rings is 1. The van der Waals surface area contributed by atoms with Crippen LogP contribution in [0.15, 0.2) is 23.4 Å². The second kappa shape index (κ2) is 10.2. The molecule has 4 nitrogen and oxygen atoms in total. The molecule has 0 spiro atoms. The molecule has 4 N–H and O–H groups in total. The molecule has 21 heavy (non-hydrogen) atoms. The Morgan fingerprint density at radius 1 is 1.19 bits per heavy atom. The Kier molecular flexibility index (Phi) is 8.43. The smallest absolute Gasteiger partial charge is 0.170 e. The third-order valence-corrected chi connectivity index (χ3v) is 3.40. The molecule has 0 heterocycles. The average Bonchev–Trinajstić information content (AvgIpc) is 2.48. The number of unbranched alkanes of at least 4 members (excludes halogenated alkanes) is 5. The Morgan fingerprint density at radius 2 is 1.90 bits per heavy atom.